The lowest BCUT2D eigenvalue weighted by molar-refractivity contribution is -0.0243. The van der Waals surface area contributed by atoms with Gasteiger partial charge in [0.15, 0.2) is 0 Å². The van der Waals surface area contributed by atoms with E-state index in [2.05, 4.69) is 29.4 Å². The molecule has 0 fully saturated rings. The van der Waals surface area contributed by atoms with Crippen molar-refractivity contribution in [3.05, 3.63) is 11.8 Å². The third kappa shape index (κ3) is 3.02. The molecule has 5 heteroatoms. The summed E-state index contributed by atoms with van der Waals surface area (Å²) in [5.74, 6) is 1.14. The second-order valence-electron chi connectivity index (χ2n) is 4.33. The molecule has 1 atom stereocenters. The first-order valence-corrected chi connectivity index (χ1v) is 5.63. The highest BCUT2D eigenvalue weighted by molar-refractivity contribution is 4.95. The van der Waals surface area contributed by atoms with Crippen molar-refractivity contribution in [2.45, 2.75) is 52.3 Å². The number of hydrogen-bond acceptors (Lipinski definition) is 5. The molecule has 1 aromatic heterocycles. The largest absolute Gasteiger partial charge is 0.421 e. The van der Waals surface area contributed by atoms with Crippen molar-refractivity contribution in [3.8, 4) is 0 Å². The van der Waals surface area contributed by atoms with Crippen LogP contribution in [0.1, 0.15) is 45.9 Å². The van der Waals surface area contributed by atoms with Crippen molar-refractivity contribution >= 4 is 0 Å². The highest BCUT2D eigenvalue weighted by Gasteiger charge is 2.30. The van der Waals surface area contributed by atoms with Crippen LogP contribution in [-0.2, 0) is 16.9 Å². The lowest BCUT2D eigenvalue weighted by Gasteiger charge is -2.21. The average molecular weight is 227 g/mol. The van der Waals surface area contributed by atoms with Crippen LogP contribution in [0.2, 0.25) is 0 Å². The summed E-state index contributed by atoms with van der Waals surface area (Å²) in [5, 5.41) is 11.2. The maximum atomic E-state index is 5.57. The van der Waals surface area contributed by atoms with E-state index in [4.69, 9.17) is 9.15 Å². The summed E-state index contributed by atoms with van der Waals surface area (Å²) in [4.78, 5) is 0. The topological polar surface area (TPSA) is 60.2 Å². The van der Waals surface area contributed by atoms with Gasteiger partial charge in [0.2, 0.25) is 11.8 Å². The molecule has 0 radical (unpaired) electrons. The number of aromatic nitrogens is 2. The molecule has 0 saturated carbocycles. The second-order valence-corrected chi connectivity index (χ2v) is 4.33. The molecule has 0 saturated heterocycles. The minimum Gasteiger partial charge on any atom is -0.421 e. The molecular weight excluding hydrogens is 206 g/mol. The van der Waals surface area contributed by atoms with E-state index < -0.39 is 5.60 Å². The molecule has 1 unspecified atom stereocenters. The van der Waals surface area contributed by atoms with Crippen molar-refractivity contribution in [2.24, 2.45) is 0 Å². The van der Waals surface area contributed by atoms with Gasteiger partial charge in [-0.1, -0.05) is 20.8 Å². The SMILES string of the molecule is CCC(C)(OC)c1nnc(CNC(C)C)o1. The molecule has 1 heterocycles. The average Bonchev–Trinajstić information content (AvgIpc) is 2.74. The van der Waals surface area contributed by atoms with Crippen molar-refractivity contribution in [1.82, 2.24) is 15.5 Å². The van der Waals surface area contributed by atoms with E-state index in [0.717, 1.165) is 6.42 Å². The van der Waals surface area contributed by atoms with E-state index in [1.165, 1.54) is 0 Å². The van der Waals surface area contributed by atoms with Crippen LogP contribution in [0.5, 0.6) is 0 Å². The number of methoxy groups -OCH3 is 1. The van der Waals surface area contributed by atoms with E-state index in [-0.39, 0.29) is 0 Å². The lowest BCUT2D eigenvalue weighted by Crippen LogP contribution is -2.23. The molecule has 16 heavy (non-hydrogen) atoms. The minimum atomic E-state index is -0.483. The number of nitrogens with zero attached hydrogens (tertiary/aromatic N) is 2. The Morgan fingerprint density at radius 3 is 2.62 bits per heavy atom. The monoisotopic (exact) mass is 227 g/mol. The zero-order valence-electron chi connectivity index (χ0n) is 10.7. The Balaban J connectivity index is 2.70. The minimum absolute atomic E-state index is 0.398. The van der Waals surface area contributed by atoms with Crippen molar-refractivity contribution < 1.29 is 9.15 Å². The normalized spacial score (nSPS) is 15.4. The summed E-state index contributed by atoms with van der Waals surface area (Å²) >= 11 is 0. The molecule has 5 nitrogen and oxygen atoms in total. The van der Waals surface area contributed by atoms with Gasteiger partial charge in [0.1, 0.15) is 5.60 Å². The molecule has 0 aliphatic heterocycles. The van der Waals surface area contributed by atoms with Gasteiger partial charge in [0.05, 0.1) is 6.54 Å². The lowest BCUT2D eigenvalue weighted by atomic mass is 10.0. The van der Waals surface area contributed by atoms with Gasteiger partial charge in [-0.3, -0.25) is 0 Å². The van der Waals surface area contributed by atoms with Gasteiger partial charge in [0, 0.05) is 13.2 Å². The van der Waals surface area contributed by atoms with E-state index in [0.29, 0.717) is 24.4 Å². The van der Waals surface area contributed by atoms with Crippen LogP contribution in [-0.4, -0.2) is 23.3 Å². The van der Waals surface area contributed by atoms with Crippen molar-refractivity contribution in [2.75, 3.05) is 7.11 Å². The smallest absolute Gasteiger partial charge is 0.247 e. The Kier molecular flexibility index (Phi) is 4.44. The van der Waals surface area contributed by atoms with Gasteiger partial charge >= 0.3 is 0 Å². The van der Waals surface area contributed by atoms with Gasteiger partial charge in [-0.15, -0.1) is 10.2 Å². The Hall–Kier alpha value is -0.940. The molecule has 1 rings (SSSR count). The quantitative estimate of drug-likeness (QED) is 0.803. The summed E-state index contributed by atoms with van der Waals surface area (Å²) in [7, 11) is 1.65. The summed E-state index contributed by atoms with van der Waals surface area (Å²) < 4.78 is 11.0. The summed E-state index contributed by atoms with van der Waals surface area (Å²) in [5.41, 5.74) is -0.483. The van der Waals surface area contributed by atoms with Gasteiger partial charge in [-0.2, -0.15) is 0 Å². The van der Waals surface area contributed by atoms with Crippen molar-refractivity contribution in [3.63, 3.8) is 0 Å². The van der Waals surface area contributed by atoms with E-state index >= 15 is 0 Å². The zero-order valence-corrected chi connectivity index (χ0v) is 10.7. The summed E-state index contributed by atoms with van der Waals surface area (Å²) in [6.07, 6.45) is 0.794. The molecule has 0 bridgehead atoms. The van der Waals surface area contributed by atoms with Crippen LogP contribution >= 0.6 is 0 Å². The highest BCUT2D eigenvalue weighted by atomic mass is 16.5. The predicted molar refractivity (Wildman–Crippen MR) is 60.9 cm³/mol. The maximum absolute atomic E-state index is 5.57. The van der Waals surface area contributed by atoms with Crippen LogP contribution in [0.25, 0.3) is 0 Å². The Morgan fingerprint density at radius 2 is 2.12 bits per heavy atom. The van der Waals surface area contributed by atoms with Gasteiger partial charge in [0.25, 0.3) is 0 Å². The molecular formula is C11H21N3O2. The first kappa shape index (κ1) is 13.1. The van der Waals surface area contributed by atoms with Crippen LogP contribution in [0.15, 0.2) is 4.42 Å². The molecule has 0 aromatic carbocycles. The standard InChI is InChI=1S/C11H21N3O2/c1-6-11(4,15-5)10-14-13-9(16-10)7-12-8(2)3/h8,12H,6-7H2,1-5H3. The van der Waals surface area contributed by atoms with Gasteiger partial charge in [-0.25, -0.2) is 0 Å². The predicted octanol–water partition coefficient (Wildman–Crippen LogP) is 1.84. The summed E-state index contributed by atoms with van der Waals surface area (Å²) in [6, 6.07) is 0.398. The third-order valence-electron chi connectivity index (χ3n) is 2.71. The van der Waals surface area contributed by atoms with E-state index in [1.54, 1.807) is 7.11 Å². The fourth-order valence-electron chi connectivity index (χ4n) is 1.21. The number of hydrogen-bond donors (Lipinski definition) is 1. The van der Waals surface area contributed by atoms with Gasteiger partial charge < -0.3 is 14.5 Å². The zero-order chi connectivity index (χ0) is 12.2. The molecule has 0 aliphatic rings. The summed E-state index contributed by atoms with van der Waals surface area (Å²) in [6.45, 7) is 8.71. The van der Waals surface area contributed by atoms with E-state index in [9.17, 15) is 0 Å². The van der Waals surface area contributed by atoms with Gasteiger partial charge in [-0.05, 0) is 13.3 Å². The third-order valence-corrected chi connectivity index (χ3v) is 2.71. The highest BCUT2D eigenvalue weighted by Crippen LogP contribution is 2.26. The van der Waals surface area contributed by atoms with E-state index in [1.807, 2.05) is 13.8 Å². The molecule has 0 amide bonds. The molecule has 1 aromatic rings. The molecule has 0 spiro atoms. The number of rotatable bonds is 6. The first-order valence-electron chi connectivity index (χ1n) is 5.63. The Labute approximate surface area is 96.6 Å². The van der Waals surface area contributed by atoms with Crippen LogP contribution < -0.4 is 5.32 Å². The second kappa shape index (κ2) is 5.41. The van der Waals surface area contributed by atoms with Crippen molar-refractivity contribution in [1.29, 1.82) is 0 Å². The van der Waals surface area contributed by atoms with Crippen LogP contribution in [0, 0.1) is 0 Å². The Bertz CT molecular complexity index is 319. The maximum Gasteiger partial charge on any atom is 0.247 e. The number of nitrogens with one attached hydrogen (secondary N) is 1. The number of ether oxygens (including phenoxy) is 1. The first-order chi connectivity index (χ1) is 7.51. The Morgan fingerprint density at radius 1 is 1.44 bits per heavy atom. The van der Waals surface area contributed by atoms with Crippen LogP contribution in [0.3, 0.4) is 0 Å². The molecule has 1 N–H and O–H groups in total. The molecule has 0 aliphatic carbocycles. The fourth-order valence-corrected chi connectivity index (χ4v) is 1.21. The fraction of sp³-hybridized carbons (Fsp3) is 0.818. The molecule has 92 valence electrons. The van der Waals surface area contributed by atoms with Crippen LogP contribution in [0.4, 0.5) is 0 Å².